The highest BCUT2D eigenvalue weighted by Gasteiger charge is 2.06. The van der Waals surface area contributed by atoms with Gasteiger partial charge >= 0.3 is 0 Å². The fourth-order valence-corrected chi connectivity index (χ4v) is 2.20. The van der Waals surface area contributed by atoms with E-state index in [4.69, 9.17) is 27.9 Å². The maximum absolute atomic E-state index is 11.9. The van der Waals surface area contributed by atoms with Gasteiger partial charge < -0.3 is 15.4 Å². The second kappa shape index (κ2) is 7.92. The molecule has 0 aliphatic rings. The summed E-state index contributed by atoms with van der Waals surface area (Å²) < 4.78 is 5.23. The smallest absolute Gasteiger partial charge is 0.226 e. The largest absolute Gasteiger partial charge is 0.495 e. The van der Waals surface area contributed by atoms with Crippen molar-refractivity contribution in [3.8, 4) is 5.75 Å². The molecule has 2 N–H and O–H groups in total. The molecule has 1 amide bonds. The zero-order valence-corrected chi connectivity index (χ0v) is 13.5. The summed E-state index contributed by atoms with van der Waals surface area (Å²) in [4.78, 5) is 11.9. The average Bonchev–Trinajstić information content (AvgIpc) is 2.51. The SMILES string of the molecule is COc1ccccc1NCCC(=O)Nc1ccc(Cl)c(Cl)c1. The normalized spacial score (nSPS) is 10.1. The van der Waals surface area contributed by atoms with E-state index >= 15 is 0 Å². The van der Waals surface area contributed by atoms with E-state index in [1.165, 1.54) is 0 Å². The van der Waals surface area contributed by atoms with Gasteiger partial charge in [-0.1, -0.05) is 35.3 Å². The lowest BCUT2D eigenvalue weighted by Crippen LogP contribution is -2.16. The zero-order chi connectivity index (χ0) is 15.9. The molecule has 0 fully saturated rings. The van der Waals surface area contributed by atoms with Crippen LogP contribution in [0.1, 0.15) is 6.42 Å². The monoisotopic (exact) mass is 338 g/mol. The summed E-state index contributed by atoms with van der Waals surface area (Å²) in [5.74, 6) is 0.633. The molecule has 116 valence electrons. The minimum Gasteiger partial charge on any atom is -0.495 e. The van der Waals surface area contributed by atoms with Crippen molar-refractivity contribution < 1.29 is 9.53 Å². The van der Waals surface area contributed by atoms with Gasteiger partial charge in [0.2, 0.25) is 5.91 Å². The first-order chi connectivity index (χ1) is 10.6. The Morgan fingerprint density at radius 3 is 2.64 bits per heavy atom. The third-order valence-electron chi connectivity index (χ3n) is 2.98. The Bertz CT molecular complexity index is 662. The average molecular weight is 339 g/mol. The van der Waals surface area contributed by atoms with Crippen LogP contribution in [0.15, 0.2) is 42.5 Å². The van der Waals surface area contributed by atoms with Crippen molar-refractivity contribution in [3.63, 3.8) is 0 Å². The van der Waals surface area contributed by atoms with Crippen LogP contribution in [-0.2, 0) is 4.79 Å². The van der Waals surface area contributed by atoms with Crippen LogP contribution in [0.5, 0.6) is 5.75 Å². The maximum atomic E-state index is 11.9. The van der Waals surface area contributed by atoms with E-state index in [9.17, 15) is 4.79 Å². The van der Waals surface area contributed by atoms with Crippen LogP contribution < -0.4 is 15.4 Å². The van der Waals surface area contributed by atoms with Gasteiger partial charge in [0.25, 0.3) is 0 Å². The van der Waals surface area contributed by atoms with E-state index in [0.29, 0.717) is 28.7 Å². The third-order valence-corrected chi connectivity index (χ3v) is 3.72. The van der Waals surface area contributed by atoms with Gasteiger partial charge in [0.15, 0.2) is 0 Å². The van der Waals surface area contributed by atoms with E-state index in [-0.39, 0.29) is 5.91 Å². The number of anilines is 2. The fraction of sp³-hybridized carbons (Fsp3) is 0.188. The number of carbonyl (C=O) groups is 1. The second-order valence-electron chi connectivity index (χ2n) is 4.55. The lowest BCUT2D eigenvalue weighted by atomic mass is 10.2. The van der Waals surface area contributed by atoms with Crippen LogP contribution in [0.3, 0.4) is 0 Å². The van der Waals surface area contributed by atoms with Gasteiger partial charge in [0, 0.05) is 18.7 Å². The first-order valence-corrected chi connectivity index (χ1v) is 7.47. The third kappa shape index (κ3) is 4.55. The quantitative estimate of drug-likeness (QED) is 0.818. The molecular weight excluding hydrogens is 323 g/mol. The summed E-state index contributed by atoms with van der Waals surface area (Å²) in [5.41, 5.74) is 1.48. The molecule has 2 aromatic carbocycles. The summed E-state index contributed by atoms with van der Waals surface area (Å²) >= 11 is 11.7. The molecule has 0 aliphatic carbocycles. The van der Waals surface area contributed by atoms with E-state index in [1.807, 2.05) is 24.3 Å². The summed E-state index contributed by atoms with van der Waals surface area (Å²) in [5, 5.41) is 6.80. The molecule has 2 aromatic rings. The molecule has 0 saturated heterocycles. The number of para-hydroxylation sites is 2. The molecular formula is C16H16Cl2N2O2. The standard InChI is InChI=1S/C16H16Cl2N2O2/c1-22-15-5-3-2-4-14(15)19-9-8-16(21)20-11-6-7-12(17)13(18)10-11/h2-7,10,19H,8-9H2,1H3,(H,20,21). The molecule has 0 unspecified atom stereocenters. The van der Waals surface area contributed by atoms with Crippen molar-refractivity contribution >= 4 is 40.5 Å². The molecule has 0 saturated carbocycles. The minimum atomic E-state index is -0.110. The number of hydrogen-bond acceptors (Lipinski definition) is 3. The van der Waals surface area contributed by atoms with Gasteiger partial charge in [0.05, 0.1) is 22.8 Å². The first-order valence-electron chi connectivity index (χ1n) is 6.72. The van der Waals surface area contributed by atoms with Crippen LogP contribution in [0.2, 0.25) is 10.0 Å². The van der Waals surface area contributed by atoms with Gasteiger partial charge in [-0.15, -0.1) is 0 Å². The predicted molar refractivity (Wildman–Crippen MR) is 91.2 cm³/mol. The van der Waals surface area contributed by atoms with E-state index < -0.39 is 0 Å². The number of amides is 1. The molecule has 0 aliphatic heterocycles. The number of methoxy groups -OCH3 is 1. The van der Waals surface area contributed by atoms with Gasteiger partial charge in [-0.25, -0.2) is 0 Å². The van der Waals surface area contributed by atoms with Gasteiger partial charge in [0.1, 0.15) is 5.75 Å². The van der Waals surface area contributed by atoms with Crippen molar-refractivity contribution in [2.45, 2.75) is 6.42 Å². The summed E-state index contributed by atoms with van der Waals surface area (Å²) in [6, 6.07) is 12.5. The van der Waals surface area contributed by atoms with Crippen molar-refractivity contribution in [3.05, 3.63) is 52.5 Å². The lowest BCUT2D eigenvalue weighted by molar-refractivity contribution is -0.115. The van der Waals surface area contributed by atoms with Crippen molar-refractivity contribution in [1.29, 1.82) is 0 Å². The highest BCUT2D eigenvalue weighted by Crippen LogP contribution is 2.25. The molecule has 22 heavy (non-hydrogen) atoms. The number of hydrogen-bond donors (Lipinski definition) is 2. The number of halogens is 2. The highest BCUT2D eigenvalue weighted by molar-refractivity contribution is 6.42. The van der Waals surface area contributed by atoms with E-state index in [0.717, 1.165) is 11.4 Å². The number of carbonyl (C=O) groups excluding carboxylic acids is 1. The summed E-state index contributed by atoms with van der Waals surface area (Å²) in [6.45, 7) is 0.494. The van der Waals surface area contributed by atoms with Gasteiger partial charge in [-0.2, -0.15) is 0 Å². The van der Waals surface area contributed by atoms with Crippen LogP contribution in [0.25, 0.3) is 0 Å². The van der Waals surface area contributed by atoms with Crippen molar-refractivity contribution in [2.75, 3.05) is 24.3 Å². The summed E-state index contributed by atoms with van der Waals surface area (Å²) in [7, 11) is 1.61. The van der Waals surface area contributed by atoms with Gasteiger partial charge in [-0.05, 0) is 30.3 Å². The van der Waals surface area contributed by atoms with Crippen LogP contribution >= 0.6 is 23.2 Å². The van der Waals surface area contributed by atoms with Crippen molar-refractivity contribution in [2.24, 2.45) is 0 Å². The lowest BCUT2D eigenvalue weighted by Gasteiger charge is -2.11. The summed E-state index contributed by atoms with van der Waals surface area (Å²) in [6.07, 6.45) is 0.318. The van der Waals surface area contributed by atoms with Crippen molar-refractivity contribution in [1.82, 2.24) is 0 Å². The molecule has 0 atom stereocenters. The number of rotatable bonds is 6. The molecule has 0 aromatic heterocycles. The Kier molecular flexibility index (Phi) is 5.92. The van der Waals surface area contributed by atoms with Crippen LogP contribution in [-0.4, -0.2) is 19.6 Å². The number of nitrogens with one attached hydrogen (secondary N) is 2. The maximum Gasteiger partial charge on any atom is 0.226 e. The zero-order valence-electron chi connectivity index (χ0n) is 12.0. The topological polar surface area (TPSA) is 50.4 Å². The number of benzene rings is 2. The Labute approximate surface area is 139 Å². The van der Waals surface area contributed by atoms with E-state index in [2.05, 4.69) is 10.6 Å². The highest BCUT2D eigenvalue weighted by atomic mass is 35.5. The molecule has 0 heterocycles. The molecule has 6 heteroatoms. The Morgan fingerprint density at radius 1 is 1.14 bits per heavy atom. The fourth-order valence-electron chi connectivity index (χ4n) is 1.90. The van der Waals surface area contributed by atoms with E-state index in [1.54, 1.807) is 25.3 Å². The Hall–Kier alpha value is -1.91. The number of ether oxygens (including phenoxy) is 1. The predicted octanol–water partition coefficient (Wildman–Crippen LogP) is 4.44. The van der Waals surface area contributed by atoms with Crippen LogP contribution in [0.4, 0.5) is 11.4 Å². The minimum absolute atomic E-state index is 0.110. The van der Waals surface area contributed by atoms with Gasteiger partial charge in [-0.3, -0.25) is 4.79 Å². The molecule has 0 radical (unpaired) electrons. The Balaban J connectivity index is 1.84. The molecule has 0 spiro atoms. The second-order valence-corrected chi connectivity index (χ2v) is 5.37. The first kappa shape index (κ1) is 16.5. The molecule has 4 nitrogen and oxygen atoms in total. The van der Waals surface area contributed by atoms with Crippen LogP contribution in [0, 0.1) is 0 Å². The Morgan fingerprint density at radius 2 is 1.91 bits per heavy atom. The molecule has 0 bridgehead atoms. The molecule has 2 rings (SSSR count).